The van der Waals surface area contributed by atoms with Gasteiger partial charge in [-0.3, -0.25) is 4.90 Å². The second-order valence-electron chi connectivity index (χ2n) is 7.61. The zero-order chi connectivity index (χ0) is 20.1. The molecule has 5 nitrogen and oxygen atoms in total. The van der Waals surface area contributed by atoms with Crippen LogP contribution >= 0.6 is 0 Å². The second kappa shape index (κ2) is 9.05. The van der Waals surface area contributed by atoms with E-state index in [9.17, 15) is 13.2 Å². The topological polar surface area (TPSA) is 54.2 Å². The van der Waals surface area contributed by atoms with E-state index in [2.05, 4.69) is 41.4 Å². The van der Waals surface area contributed by atoms with E-state index in [1.165, 1.54) is 16.0 Å². The van der Waals surface area contributed by atoms with Crippen LogP contribution in [0.5, 0.6) is 0 Å². The normalized spacial score (nSPS) is 17.8. The zero-order valence-electron chi connectivity index (χ0n) is 16.3. The highest BCUT2D eigenvalue weighted by atomic mass is 19.4. The molecule has 1 unspecified atom stereocenters. The summed E-state index contributed by atoms with van der Waals surface area (Å²) in [6.07, 6.45) is -1.98. The molecule has 1 aromatic carbocycles. The van der Waals surface area contributed by atoms with Gasteiger partial charge in [0.05, 0.1) is 13.1 Å². The molecule has 8 heteroatoms. The summed E-state index contributed by atoms with van der Waals surface area (Å²) in [5.74, 6) is 1.53. The van der Waals surface area contributed by atoms with Gasteiger partial charge in [0, 0.05) is 12.5 Å². The van der Waals surface area contributed by atoms with E-state index in [1.807, 2.05) is 12.1 Å². The summed E-state index contributed by atoms with van der Waals surface area (Å²) in [6, 6.07) is 8.28. The average molecular weight is 396 g/mol. The van der Waals surface area contributed by atoms with Crippen LogP contribution in [0.3, 0.4) is 0 Å². The molecular weight excluding hydrogens is 369 g/mol. The molecule has 3 rings (SSSR count). The Morgan fingerprint density at radius 1 is 1.25 bits per heavy atom. The van der Waals surface area contributed by atoms with Crippen LogP contribution in [0.15, 0.2) is 28.8 Å². The number of hydrogen-bond acceptors (Lipinski definition) is 5. The molecule has 0 aliphatic carbocycles. The Kier molecular flexibility index (Phi) is 6.72. The number of nitrogens with one attached hydrogen (secondary N) is 1. The molecular formula is C20H27F3N4O. The lowest BCUT2D eigenvalue weighted by atomic mass is 9.90. The van der Waals surface area contributed by atoms with Gasteiger partial charge in [-0.25, -0.2) is 0 Å². The molecule has 2 heterocycles. The predicted molar refractivity (Wildman–Crippen MR) is 99.8 cm³/mol. The smallest absolute Gasteiger partial charge is 0.338 e. The summed E-state index contributed by atoms with van der Waals surface area (Å²) in [5, 5.41) is 7.43. The standard InChI is InChI=1S/C20H27F3N4O/c1-14-5-3-4-6-17(14)11-18-25-19(28-26-18)12-24-15(2)16-7-9-27(10-8-16)13-20(21,22)23/h3-6,15-16,24H,7-13H2,1-2H3. The van der Waals surface area contributed by atoms with Gasteiger partial charge in [0.1, 0.15) is 0 Å². The number of rotatable bonds is 7. The van der Waals surface area contributed by atoms with Crippen LogP contribution in [0.1, 0.15) is 42.6 Å². The van der Waals surface area contributed by atoms with Crippen molar-refractivity contribution in [3.63, 3.8) is 0 Å². The Bertz CT molecular complexity index is 754. The van der Waals surface area contributed by atoms with Crippen LogP contribution in [0.25, 0.3) is 0 Å². The minimum absolute atomic E-state index is 0.180. The molecule has 1 aliphatic heterocycles. The van der Waals surface area contributed by atoms with Gasteiger partial charge in [-0.1, -0.05) is 29.4 Å². The van der Waals surface area contributed by atoms with Gasteiger partial charge in [-0.15, -0.1) is 0 Å². The van der Waals surface area contributed by atoms with Crippen molar-refractivity contribution < 1.29 is 17.7 Å². The number of nitrogens with zero attached hydrogens (tertiary/aromatic N) is 3. The highest BCUT2D eigenvalue weighted by molar-refractivity contribution is 5.27. The minimum Gasteiger partial charge on any atom is -0.338 e. The molecule has 1 aliphatic rings. The number of aromatic nitrogens is 2. The molecule has 0 saturated carbocycles. The number of halogens is 3. The van der Waals surface area contributed by atoms with Gasteiger partial charge in [-0.2, -0.15) is 18.2 Å². The first-order valence-corrected chi connectivity index (χ1v) is 9.68. The van der Waals surface area contributed by atoms with Crippen LogP contribution in [0.2, 0.25) is 0 Å². The fourth-order valence-corrected chi connectivity index (χ4v) is 3.69. The van der Waals surface area contributed by atoms with Gasteiger partial charge in [0.2, 0.25) is 5.89 Å². The quantitative estimate of drug-likeness (QED) is 0.773. The SMILES string of the molecule is Cc1ccccc1Cc1noc(CNC(C)C2CCN(CC(F)(F)F)CC2)n1. The fraction of sp³-hybridized carbons (Fsp3) is 0.600. The Morgan fingerprint density at radius 3 is 2.64 bits per heavy atom. The van der Waals surface area contributed by atoms with Crippen LogP contribution < -0.4 is 5.32 Å². The Balaban J connectivity index is 1.44. The molecule has 0 radical (unpaired) electrons. The largest absolute Gasteiger partial charge is 0.401 e. The van der Waals surface area contributed by atoms with Crippen LogP contribution in [-0.2, 0) is 13.0 Å². The van der Waals surface area contributed by atoms with E-state index >= 15 is 0 Å². The first-order chi connectivity index (χ1) is 13.3. The van der Waals surface area contributed by atoms with Crippen molar-refractivity contribution in [3.8, 4) is 0 Å². The summed E-state index contributed by atoms with van der Waals surface area (Å²) in [5.41, 5.74) is 2.36. The number of piperidine rings is 1. The van der Waals surface area contributed by atoms with Crippen LogP contribution in [0.4, 0.5) is 13.2 Å². The second-order valence-corrected chi connectivity index (χ2v) is 7.61. The summed E-state index contributed by atoms with van der Waals surface area (Å²) in [6.45, 7) is 4.74. The molecule has 0 amide bonds. The van der Waals surface area contributed by atoms with Gasteiger partial charge < -0.3 is 9.84 Å². The Labute approximate surface area is 163 Å². The van der Waals surface area contributed by atoms with Crippen LogP contribution in [-0.4, -0.2) is 46.9 Å². The molecule has 1 saturated heterocycles. The number of aryl methyl sites for hydroxylation is 1. The molecule has 0 bridgehead atoms. The lowest BCUT2D eigenvalue weighted by molar-refractivity contribution is -0.148. The summed E-state index contributed by atoms with van der Waals surface area (Å²) in [4.78, 5) is 5.93. The monoisotopic (exact) mass is 396 g/mol. The molecule has 0 spiro atoms. The first kappa shape index (κ1) is 20.8. The van der Waals surface area contributed by atoms with Crippen molar-refractivity contribution in [2.75, 3.05) is 19.6 Å². The molecule has 2 aromatic rings. The summed E-state index contributed by atoms with van der Waals surface area (Å²) < 4.78 is 42.8. The lowest BCUT2D eigenvalue weighted by Crippen LogP contribution is -2.44. The maximum atomic E-state index is 12.5. The van der Waals surface area contributed by atoms with Gasteiger partial charge >= 0.3 is 6.18 Å². The van der Waals surface area contributed by atoms with E-state index in [0.29, 0.717) is 43.7 Å². The van der Waals surface area contributed by atoms with E-state index in [0.717, 1.165) is 12.8 Å². The fourth-order valence-electron chi connectivity index (χ4n) is 3.69. The molecule has 28 heavy (non-hydrogen) atoms. The van der Waals surface area contributed by atoms with Crippen LogP contribution in [0, 0.1) is 12.8 Å². The van der Waals surface area contributed by atoms with Crippen molar-refractivity contribution in [2.24, 2.45) is 5.92 Å². The van der Waals surface area contributed by atoms with E-state index in [-0.39, 0.29) is 6.04 Å². The number of likely N-dealkylation sites (tertiary alicyclic amines) is 1. The highest BCUT2D eigenvalue weighted by Gasteiger charge is 2.33. The zero-order valence-corrected chi connectivity index (χ0v) is 16.3. The molecule has 1 fully saturated rings. The number of alkyl halides is 3. The van der Waals surface area contributed by atoms with E-state index in [1.54, 1.807) is 0 Å². The van der Waals surface area contributed by atoms with Gasteiger partial charge in [0.15, 0.2) is 5.82 Å². The van der Waals surface area contributed by atoms with Crippen molar-refractivity contribution in [3.05, 3.63) is 47.1 Å². The van der Waals surface area contributed by atoms with Crippen molar-refractivity contribution in [2.45, 2.75) is 51.9 Å². The Morgan fingerprint density at radius 2 is 1.96 bits per heavy atom. The van der Waals surface area contributed by atoms with Gasteiger partial charge in [0.25, 0.3) is 0 Å². The minimum atomic E-state index is -4.12. The molecule has 1 aromatic heterocycles. The molecule has 154 valence electrons. The Hall–Kier alpha value is -1.93. The lowest BCUT2D eigenvalue weighted by Gasteiger charge is -2.35. The third-order valence-corrected chi connectivity index (χ3v) is 5.44. The van der Waals surface area contributed by atoms with Gasteiger partial charge in [-0.05, 0) is 56.8 Å². The average Bonchev–Trinajstić information content (AvgIpc) is 3.08. The summed E-state index contributed by atoms with van der Waals surface area (Å²) >= 11 is 0. The maximum Gasteiger partial charge on any atom is 0.401 e. The molecule has 1 N–H and O–H groups in total. The third-order valence-electron chi connectivity index (χ3n) is 5.44. The summed E-state index contributed by atoms with van der Waals surface area (Å²) in [7, 11) is 0. The van der Waals surface area contributed by atoms with Crippen molar-refractivity contribution in [1.82, 2.24) is 20.4 Å². The first-order valence-electron chi connectivity index (χ1n) is 9.68. The van der Waals surface area contributed by atoms with E-state index in [4.69, 9.17) is 4.52 Å². The maximum absolute atomic E-state index is 12.5. The number of benzene rings is 1. The van der Waals surface area contributed by atoms with Crippen molar-refractivity contribution in [1.29, 1.82) is 0 Å². The highest BCUT2D eigenvalue weighted by Crippen LogP contribution is 2.24. The van der Waals surface area contributed by atoms with E-state index < -0.39 is 12.7 Å². The third kappa shape index (κ3) is 6.04. The van der Waals surface area contributed by atoms with Crippen molar-refractivity contribution >= 4 is 0 Å². The predicted octanol–water partition coefficient (Wildman–Crippen LogP) is 3.72. The number of hydrogen-bond donors (Lipinski definition) is 1. The molecule has 1 atom stereocenters.